The topological polar surface area (TPSA) is 116 Å². The number of hydrogen-bond acceptors (Lipinski definition) is 6. The van der Waals surface area contributed by atoms with Crippen LogP contribution in [-0.4, -0.2) is 35.8 Å². The van der Waals surface area contributed by atoms with Crippen molar-refractivity contribution in [2.24, 2.45) is 0 Å². The van der Waals surface area contributed by atoms with Crippen LogP contribution in [0.2, 0.25) is 0 Å². The highest BCUT2D eigenvalue weighted by atomic mass is 16.5. The van der Waals surface area contributed by atoms with Crippen LogP contribution in [-0.2, 0) is 14.3 Å². The van der Waals surface area contributed by atoms with Crippen LogP contribution in [0.5, 0.6) is 0 Å². The van der Waals surface area contributed by atoms with Gasteiger partial charge in [0.05, 0.1) is 13.2 Å². The normalized spacial score (nSPS) is 12.1. The van der Waals surface area contributed by atoms with Crippen LogP contribution in [0.15, 0.2) is 15.8 Å². The average molecular weight is 257 g/mol. The van der Waals surface area contributed by atoms with Gasteiger partial charge < -0.3 is 15.2 Å². The van der Waals surface area contributed by atoms with Crippen LogP contribution in [0.25, 0.3) is 0 Å². The Morgan fingerprint density at radius 3 is 2.78 bits per heavy atom. The molecule has 1 atom stereocenters. The Morgan fingerprint density at radius 1 is 1.56 bits per heavy atom. The minimum Gasteiger partial charge on any atom is -0.464 e. The second kappa shape index (κ2) is 6.01. The smallest absolute Gasteiger partial charge is 0.331 e. The van der Waals surface area contributed by atoms with Crippen molar-refractivity contribution < 1.29 is 14.3 Å². The van der Waals surface area contributed by atoms with Gasteiger partial charge in [0, 0.05) is 13.3 Å². The Labute approximate surface area is 102 Å². The highest BCUT2D eigenvalue weighted by Crippen LogP contribution is 2.07. The molecule has 0 fully saturated rings. The maximum Gasteiger partial charge on any atom is 0.331 e. The zero-order valence-electron chi connectivity index (χ0n) is 10.1. The SMILES string of the molecule is CCOC(=O)C(COC)n1cc(N)c(=O)[nH]c1=O. The predicted molar refractivity (Wildman–Crippen MR) is 63.3 cm³/mol. The number of carbonyl (C=O) groups excluding carboxylic acids is 1. The van der Waals surface area contributed by atoms with Gasteiger partial charge in [0.25, 0.3) is 5.56 Å². The number of nitrogens with one attached hydrogen (secondary N) is 1. The van der Waals surface area contributed by atoms with Crippen molar-refractivity contribution in [1.82, 2.24) is 9.55 Å². The number of methoxy groups -OCH3 is 1. The van der Waals surface area contributed by atoms with E-state index in [0.29, 0.717) is 0 Å². The van der Waals surface area contributed by atoms with Gasteiger partial charge in [-0.1, -0.05) is 0 Å². The van der Waals surface area contributed by atoms with E-state index in [9.17, 15) is 14.4 Å². The third kappa shape index (κ3) is 2.98. The lowest BCUT2D eigenvalue weighted by Gasteiger charge is -2.17. The van der Waals surface area contributed by atoms with Crippen molar-refractivity contribution in [3.63, 3.8) is 0 Å². The number of nitrogens with two attached hydrogens (primary N) is 1. The van der Waals surface area contributed by atoms with Gasteiger partial charge in [-0.05, 0) is 6.92 Å². The minimum atomic E-state index is -0.985. The third-order valence-electron chi connectivity index (χ3n) is 2.21. The number of H-pyrrole nitrogens is 1. The predicted octanol–water partition coefficient (Wildman–Crippen LogP) is -1.13. The fraction of sp³-hybridized carbons (Fsp3) is 0.500. The van der Waals surface area contributed by atoms with E-state index in [1.54, 1.807) is 6.92 Å². The van der Waals surface area contributed by atoms with Crippen molar-refractivity contribution in [2.45, 2.75) is 13.0 Å². The van der Waals surface area contributed by atoms with Crippen molar-refractivity contribution in [1.29, 1.82) is 0 Å². The van der Waals surface area contributed by atoms with Gasteiger partial charge in [0.2, 0.25) is 0 Å². The molecule has 1 heterocycles. The van der Waals surface area contributed by atoms with Gasteiger partial charge in [-0.25, -0.2) is 9.59 Å². The summed E-state index contributed by atoms with van der Waals surface area (Å²) in [6.45, 7) is 1.75. The third-order valence-corrected chi connectivity index (χ3v) is 2.21. The van der Waals surface area contributed by atoms with Crippen molar-refractivity contribution >= 4 is 11.7 Å². The first-order chi connectivity index (χ1) is 8.51. The number of nitrogens with zero attached hydrogens (tertiary/aromatic N) is 1. The summed E-state index contributed by atoms with van der Waals surface area (Å²) in [4.78, 5) is 36.4. The molecule has 0 radical (unpaired) electrons. The molecule has 1 aromatic rings. The Hall–Kier alpha value is -2.09. The molecule has 1 aromatic heterocycles. The van der Waals surface area contributed by atoms with Crippen LogP contribution in [0.3, 0.4) is 0 Å². The van der Waals surface area contributed by atoms with Gasteiger partial charge in [-0.3, -0.25) is 14.3 Å². The molecule has 0 aliphatic carbocycles. The number of carbonyl (C=O) groups is 1. The molecule has 0 aliphatic heterocycles. The molecule has 0 aliphatic rings. The Balaban J connectivity index is 3.21. The number of ether oxygens (including phenoxy) is 2. The molecule has 8 heteroatoms. The van der Waals surface area contributed by atoms with Crippen molar-refractivity contribution in [3.8, 4) is 0 Å². The summed E-state index contributed by atoms with van der Waals surface area (Å²) in [6.07, 6.45) is 1.10. The largest absolute Gasteiger partial charge is 0.464 e. The number of aromatic nitrogens is 2. The maximum atomic E-state index is 11.7. The molecule has 100 valence electrons. The fourth-order valence-corrected chi connectivity index (χ4v) is 1.39. The van der Waals surface area contributed by atoms with E-state index in [2.05, 4.69) is 0 Å². The van der Waals surface area contributed by atoms with Gasteiger partial charge in [-0.2, -0.15) is 0 Å². The molecule has 1 rings (SSSR count). The lowest BCUT2D eigenvalue weighted by atomic mass is 10.3. The summed E-state index contributed by atoms with van der Waals surface area (Å²) in [7, 11) is 1.38. The van der Waals surface area contributed by atoms with Crippen LogP contribution in [0.1, 0.15) is 13.0 Å². The highest BCUT2D eigenvalue weighted by molar-refractivity contribution is 5.74. The number of rotatable bonds is 5. The van der Waals surface area contributed by atoms with Crippen LogP contribution >= 0.6 is 0 Å². The monoisotopic (exact) mass is 257 g/mol. The maximum absolute atomic E-state index is 11.7. The van der Waals surface area contributed by atoms with E-state index in [-0.39, 0.29) is 18.9 Å². The molecule has 3 N–H and O–H groups in total. The average Bonchev–Trinajstić information content (AvgIpc) is 2.31. The molecule has 0 bridgehead atoms. The van der Waals surface area contributed by atoms with Crippen molar-refractivity contribution in [2.75, 3.05) is 26.1 Å². The summed E-state index contributed by atoms with van der Waals surface area (Å²) in [5.41, 5.74) is 3.79. The Morgan fingerprint density at radius 2 is 2.22 bits per heavy atom. The molecule has 0 saturated heterocycles. The highest BCUT2D eigenvalue weighted by Gasteiger charge is 2.23. The second-order valence-electron chi connectivity index (χ2n) is 3.47. The molecule has 0 aromatic carbocycles. The molecule has 0 spiro atoms. The molecular formula is C10H15N3O5. The summed E-state index contributed by atoms with van der Waals surface area (Å²) in [5, 5.41) is 0. The Kier molecular flexibility index (Phi) is 4.67. The van der Waals surface area contributed by atoms with Crippen molar-refractivity contribution in [3.05, 3.63) is 27.0 Å². The number of nitrogen functional groups attached to an aromatic ring is 1. The first kappa shape index (κ1) is 14.0. The summed E-state index contributed by atoms with van der Waals surface area (Å²) < 4.78 is 10.7. The van der Waals surface area contributed by atoms with E-state index in [1.165, 1.54) is 7.11 Å². The zero-order valence-corrected chi connectivity index (χ0v) is 10.1. The van der Waals surface area contributed by atoms with Crippen LogP contribution in [0, 0.1) is 0 Å². The number of anilines is 1. The van der Waals surface area contributed by atoms with Gasteiger partial charge in [0.1, 0.15) is 5.69 Å². The molecule has 18 heavy (non-hydrogen) atoms. The number of aromatic amines is 1. The van der Waals surface area contributed by atoms with Gasteiger partial charge in [-0.15, -0.1) is 0 Å². The lowest BCUT2D eigenvalue weighted by molar-refractivity contribution is -0.148. The minimum absolute atomic E-state index is 0.0653. The number of esters is 1. The zero-order chi connectivity index (χ0) is 13.7. The lowest BCUT2D eigenvalue weighted by Crippen LogP contribution is -2.38. The van der Waals surface area contributed by atoms with E-state index in [4.69, 9.17) is 15.2 Å². The molecular weight excluding hydrogens is 242 g/mol. The first-order valence-electron chi connectivity index (χ1n) is 5.27. The molecule has 1 unspecified atom stereocenters. The molecule has 0 saturated carbocycles. The van der Waals surface area contributed by atoms with Gasteiger partial charge >= 0.3 is 11.7 Å². The van der Waals surface area contributed by atoms with E-state index in [1.807, 2.05) is 4.98 Å². The quantitative estimate of drug-likeness (QED) is 0.645. The molecule has 8 nitrogen and oxygen atoms in total. The Bertz CT molecular complexity index is 533. The summed E-state index contributed by atoms with van der Waals surface area (Å²) in [5.74, 6) is -0.632. The first-order valence-corrected chi connectivity index (χ1v) is 5.27. The van der Waals surface area contributed by atoms with E-state index in [0.717, 1.165) is 10.8 Å². The molecule has 0 amide bonds. The second-order valence-corrected chi connectivity index (χ2v) is 3.47. The standard InChI is InChI=1S/C10H15N3O5/c1-3-18-9(15)7(5-17-2)13-4-6(11)8(14)12-10(13)16/h4,7H,3,5,11H2,1-2H3,(H,12,14,16). The fourth-order valence-electron chi connectivity index (χ4n) is 1.39. The summed E-state index contributed by atoms with van der Waals surface area (Å²) in [6, 6.07) is -0.985. The van der Waals surface area contributed by atoms with Gasteiger partial charge in [0.15, 0.2) is 6.04 Å². The summed E-state index contributed by atoms with van der Waals surface area (Å²) >= 11 is 0. The van der Waals surface area contributed by atoms with E-state index >= 15 is 0 Å². The van der Waals surface area contributed by atoms with Crippen LogP contribution < -0.4 is 17.0 Å². The van der Waals surface area contributed by atoms with E-state index < -0.39 is 23.3 Å². The number of hydrogen-bond donors (Lipinski definition) is 2. The van der Waals surface area contributed by atoms with Crippen LogP contribution in [0.4, 0.5) is 5.69 Å².